The fraction of sp³-hybridized carbons (Fsp3) is 0.889. The fourth-order valence-electron chi connectivity index (χ4n) is 1.44. The molecule has 1 aliphatic rings. The largest absolute Gasteiger partial charge is 0.330 e. The van der Waals surface area contributed by atoms with Crippen LogP contribution in [0.3, 0.4) is 0 Å². The minimum atomic E-state index is -2.65. The molecular weight excluding hydrogens is 190 g/mol. The number of nitrogens with zero attached hydrogens (tertiary/aromatic N) is 1. The number of amides is 1. The summed E-state index contributed by atoms with van der Waals surface area (Å²) in [7, 11) is 0. The molecule has 1 fully saturated rings. The van der Waals surface area contributed by atoms with Gasteiger partial charge in [-0.25, -0.2) is 8.78 Å². The third-order valence-electron chi connectivity index (χ3n) is 2.29. The van der Waals surface area contributed by atoms with Gasteiger partial charge in [-0.2, -0.15) is 0 Å². The van der Waals surface area contributed by atoms with E-state index in [0.29, 0.717) is 13.0 Å². The molecule has 5 heteroatoms. The highest BCUT2D eigenvalue weighted by Gasteiger charge is 2.45. The van der Waals surface area contributed by atoms with Crippen molar-refractivity contribution in [2.24, 2.45) is 5.73 Å². The molecule has 1 heterocycles. The number of alkyl halides is 2. The Balaban J connectivity index is 2.06. The first kappa shape index (κ1) is 11.4. The lowest BCUT2D eigenvalue weighted by Gasteiger charge is -2.38. The zero-order valence-corrected chi connectivity index (χ0v) is 8.14. The highest BCUT2D eigenvalue weighted by Crippen LogP contribution is 2.27. The second-order valence-electron chi connectivity index (χ2n) is 3.71. The zero-order valence-electron chi connectivity index (χ0n) is 8.14. The Morgan fingerprint density at radius 1 is 1.29 bits per heavy atom. The summed E-state index contributed by atoms with van der Waals surface area (Å²) >= 11 is 0. The maximum absolute atomic E-state index is 12.4. The van der Waals surface area contributed by atoms with Crippen molar-refractivity contribution < 1.29 is 13.6 Å². The maximum Gasteiger partial charge on any atom is 0.282 e. The molecule has 0 bridgehead atoms. The molecule has 2 N–H and O–H groups in total. The van der Waals surface area contributed by atoms with Gasteiger partial charge < -0.3 is 10.6 Å². The van der Waals surface area contributed by atoms with E-state index in [9.17, 15) is 13.6 Å². The van der Waals surface area contributed by atoms with Gasteiger partial charge in [0.05, 0.1) is 13.1 Å². The molecule has 1 rings (SSSR count). The summed E-state index contributed by atoms with van der Waals surface area (Å²) in [5.74, 6) is -2.81. The fourth-order valence-corrected chi connectivity index (χ4v) is 1.44. The van der Waals surface area contributed by atoms with Crippen LogP contribution in [0, 0.1) is 0 Å². The van der Waals surface area contributed by atoms with Crippen LogP contribution in [0.5, 0.6) is 0 Å². The van der Waals surface area contributed by atoms with Gasteiger partial charge in [0, 0.05) is 6.42 Å². The molecule has 0 aromatic carbocycles. The molecule has 0 unspecified atom stereocenters. The van der Waals surface area contributed by atoms with E-state index in [1.807, 2.05) is 0 Å². The quantitative estimate of drug-likeness (QED) is 0.682. The van der Waals surface area contributed by atoms with Crippen molar-refractivity contribution in [3.05, 3.63) is 0 Å². The SMILES string of the molecule is NCCCCCC(=O)N1CC(F)(F)C1. The van der Waals surface area contributed by atoms with Crippen molar-refractivity contribution in [3.63, 3.8) is 0 Å². The first-order chi connectivity index (χ1) is 6.55. The lowest BCUT2D eigenvalue weighted by atomic mass is 10.1. The van der Waals surface area contributed by atoms with Gasteiger partial charge in [-0.1, -0.05) is 6.42 Å². The van der Waals surface area contributed by atoms with Gasteiger partial charge in [0.15, 0.2) is 0 Å². The first-order valence-corrected chi connectivity index (χ1v) is 4.91. The monoisotopic (exact) mass is 206 g/mol. The van der Waals surface area contributed by atoms with Crippen LogP contribution >= 0.6 is 0 Å². The molecule has 0 saturated carbocycles. The van der Waals surface area contributed by atoms with Gasteiger partial charge in [-0.3, -0.25) is 4.79 Å². The lowest BCUT2D eigenvalue weighted by Crippen LogP contribution is -2.58. The number of hydrogen-bond donors (Lipinski definition) is 1. The Kier molecular flexibility index (Phi) is 3.80. The van der Waals surface area contributed by atoms with Crippen LogP contribution in [0.4, 0.5) is 8.78 Å². The average Bonchev–Trinajstić information content (AvgIpc) is 2.08. The van der Waals surface area contributed by atoms with Crippen LogP contribution in [-0.2, 0) is 4.79 Å². The molecule has 0 spiro atoms. The Bertz CT molecular complexity index is 201. The van der Waals surface area contributed by atoms with E-state index >= 15 is 0 Å². The molecule has 3 nitrogen and oxygen atoms in total. The van der Waals surface area contributed by atoms with E-state index in [1.165, 1.54) is 4.90 Å². The van der Waals surface area contributed by atoms with Gasteiger partial charge in [0.1, 0.15) is 0 Å². The Morgan fingerprint density at radius 2 is 1.93 bits per heavy atom. The molecule has 1 aliphatic heterocycles. The van der Waals surface area contributed by atoms with Crippen molar-refractivity contribution in [1.82, 2.24) is 4.90 Å². The maximum atomic E-state index is 12.4. The van der Waals surface area contributed by atoms with Crippen molar-refractivity contribution in [1.29, 1.82) is 0 Å². The summed E-state index contributed by atoms with van der Waals surface area (Å²) in [6, 6.07) is 0. The highest BCUT2D eigenvalue weighted by atomic mass is 19.3. The smallest absolute Gasteiger partial charge is 0.282 e. The standard InChI is InChI=1S/C9H16F2N2O/c10-9(11)6-13(7-9)8(14)4-2-1-3-5-12/h1-7,12H2. The van der Waals surface area contributed by atoms with Crippen LogP contribution in [0.15, 0.2) is 0 Å². The van der Waals surface area contributed by atoms with Crippen molar-refractivity contribution in [3.8, 4) is 0 Å². The molecule has 0 aromatic rings. The summed E-state index contributed by atoms with van der Waals surface area (Å²) in [6.45, 7) is -0.179. The van der Waals surface area contributed by atoms with Crippen LogP contribution in [0.2, 0.25) is 0 Å². The number of carbonyl (C=O) groups is 1. The van der Waals surface area contributed by atoms with E-state index in [4.69, 9.17) is 5.73 Å². The molecule has 0 aliphatic carbocycles. The zero-order chi connectivity index (χ0) is 10.6. The van der Waals surface area contributed by atoms with E-state index in [1.54, 1.807) is 0 Å². The van der Waals surface area contributed by atoms with E-state index in [2.05, 4.69) is 0 Å². The van der Waals surface area contributed by atoms with Crippen LogP contribution < -0.4 is 5.73 Å². The van der Waals surface area contributed by atoms with Crippen molar-refractivity contribution in [2.45, 2.75) is 31.6 Å². The summed E-state index contributed by atoms with van der Waals surface area (Å²) in [6.07, 6.45) is 2.91. The molecule has 0 aromatic heterocycles. The number of unbranched alkanes of at least 4 members (excludes halogenated alkanes) is 2. The third kappa shape index (κ3) is 3.21. The molecule has 14 heavy (non-hydrogen) atoms. The van der Waals surface area contributed by atoms with Gasteiger partial charge in [-0.05, 0) is 19.4 Å². The summed E-state index contributed by atoms with van der Waals surface area (Å²) in [5.41, 5.74) is 5.28. The number of rotatable bonds is 5. The van der Waals surface area contributed by atoms with Gasteiger partial charge in [0.25, 0.3) is 5.92 Å². The van der Waals surface area contributed by atoms with Crippen molar-refractivity contribution >= 4 is 5.91 Å². The number of nitrogens with two attached hydrogens (primary N) is 1. The first-order valence-electron chi connectivity index (χ1n) is 4.91. The lowest BCUT2D eigenvalue weighted by molar-refractivity contribution is -0.165. The Labute approximate surface area is 82.2 Å². The molecule has 0 atom stereocenters. The van der Waals surface area contributed by atoms with E-state index in [-0.39, 0.29) is 5.91 Å². The highest BCUT2D eigenvalue weighted by molar-refractivity contribution is 5.77. The molecule has 1 saturated heterocycles. The summed E-state index contributed by atoms with van der Waals surface area (Å²) < 4.78 is 24.8. The molecule has 1 amide bonds. The van der Waals surface area contributed by atoms with Crippen LogP contribution in [-0.4, -0.2) is 36.4 Å². The Morgan fingerprint density at radius 3 is 2.43 bits per heavy atom. The molecule has 0 radical (unpaired) electrons. The topological polar surface area (TPSA) is 46.3 Å². The second kappa shape index (κ2) is 4.68. The molecule has 82 valence electrons. The minimum Gasteiger partial charge on any atom is -0.330 e. The number of carbonyl (C=O) groups excluding carboxylic acids is 1. The predicted octanol–water partition coefficient (Wildman–Crippen LogP) is 0.983. The van der Waals surface area contributed by atoms with E-state index < -0.39 is 19.0 Å². The van der Waals surface area contributed by atoms with Crippen molar-refractivity contribution in [2.75, 3.05) is 19.6 Å². The summed E-state index contributed by atoms with van der Waals surface area (Å²) in [5, 5.41) is 0. The number of halogens is 2. The number of likely N-dealkylation sites (tertiary alicyclic amines) is 1. The second-order valence-corrected chi connectivity index (χ2v) is 3.71. The van der Waals surface area contributed by atoms with Gasteiger partial charge in [-0.15, -0.1) is 0 Å². The normalized spacial score (nSPS) is 19.2. The summed E-state index contributed by atoms with van der Waals surface area (Å²) in [4.78, 5) is 12.4. The van der Waals surface area contributed by atoms with Gasteiger partial charge in [0.2, 0.25) is 5.91 Å². The average molecular weight is 206 g/mol. The predicted molar refractivity (Wildman–Crippen MR) is 49.0 cm³/mol. The van der Waals surface area contributed by atoms with Crippen LogP contribution in [0.1, 0.15) is 25.7 Å². The number of hydrogen-bond acceptors (Lipinski definition) is 2. The van der Waals surface area contributed by atoms with Crippen LogP contribution in [0.25, 0.3) is 0 Å². The minimum absolute atomic E-state index is 0.159. The third-order valence-corrected chi connectivity index (χ3v) is 2.29. The van der Waals surface area contributed by atoms with E-state index in [0.717, 1.165) is 19.3 Å². The molecular formula is C9H16F2N2O. The van der Waals surface area contributed by atoms with Gasteiger partial charge >= 0.3 is 0 Å². The Hall–Kier alpha value is -0.710.